The maximum Gasteiger partial charge on any atom is 0.235 e. The third-order valence-electron chi connectivity index (χ3n) is 1.67. The first-order valence-electron chi connectivity index (χ1n) is 3.95. The van der Waals surface area contributed by atoms with Crippen LogP contribution in [0.4, 0.5) is 0 Å². The molecule has 0 aliphatic rings. The van der Waals surface area contributed by atoms with Gasteiger partial charge in [0, 0.05) is 11.6 Å². The molecule has 0 bridgehead atoms. The summed E-state index contributed by atoms with van der Waals surface area (Å²) < 4.78 is 5.03. The second-order valence-corrected chi connectivity index (χ2v) is 2.68. The normalized spacial score (nSPS) is 10.4. The summed E-state index contributed by atoms with van der Waals surface area (Å²) in [7, 11) is 1.52. The Kier molecular flexibility index (Phi) is 3.23. The van der Waals surface area contributed by atoms with Gasteiger partial charge in [-0.15, -0.1) is 0 Å². The van der Waals surface area contributed by atoms with E-state index < -0.39 is 4.92 Å². The van der Waals surface area contributed by atoms with Gasteiger partial charge < -0.3 is 4.74 Å². The van der Waals surface area contributed by atoms with E-state index in [1.807, 2.05) is 0 Å². The van der Waals surface area contributed by atoms with Gasteiger partial charge in [-0.1, -0.05) is 6.07 Å². The zero-order valence-corrected chi connectivity index (χ0v) is 7.77. The van der Waals surface area contributed by atoms with Crippen LogP contribution >= 0.6 is 0 Å². The third kappa shape index (κ3) is 2.58. The van der Waals surface area contributed by atoms with Gasteiger partial charge in [-0.05, 0) is 24.6 Å². The summed E-state index contributed by atoms with van der Waals surface area (Å²) in [5, 5.41) is 10.1. The van der Waals surface area contributed by atoms with E-state index in [-0.39, 0.29) is 0 Å². The lowest BCUT2D eigenvalue weighted by Gasteiger charge is -2.04. The smallest absolute Gasteiger partial charge is 0.235 e. The highest BCUT2D eigenvalue weighted by Crippen LogP contribution is 2.20. The zero-order valence-electron chi connectivity index (χ0n) is 7.77. The van der Waals surface area contributed by atoms with Crippen LogP contribution in [0.15, 0.2) is 24.4 Å². The van der Waals surface area contributed by atoms with Crippen LogP contribution in [-0.4, -0.2) is 12.0 Å². The monoisotopic (exact) mass is 192 g/mol. The first-order valence-corrected chi connectivity index (χ1v) is 3.95. The highest BCUT2D eigenvalue weighted by atomic mass is 16.6. The SMILES string of the molecule is [CH2]c1ccc(OC)c(/C=C\[N+](=O)[O-])c1. The Labute approximate surface area is 82.0 Å². The largest absolute Gasteiger partial charge is 0.496 e. The fraction of sp³-hybridized carbons (Fsp3) is 0.100. The molecule has 1 aromatic rings. The summed E-state index contributed by atoms with van der Waals surface area (Å²) in [6, 6.07) is 5.23. The van der Waals surface area contributed by atoms with E-state index in [1.54, 1.807) is 18.2 Å². The van der Waals surface area contributed by atoms with Gasteiger partial charge in [-0.3, -0.25) is 10.1 Å². The fourth-order valence-electron chi connectivity index (χ4n) is 1.06. The highest BCUT2D eigenvalue weighted by Gasteiger charge is 2.00. The minimum atomic E-state index is -0.519. The molecule has 0 aliphatic carbocycles. The van der Waals surface area contributed by atoms with Gasteiger partial charge in [0.2, 0.25) is 6.20 Å². The number of nitro groups is 1. The molecule has 0 aromatic heterocycles. The second-order valence-electron chi connectivity index (χ2n) is 2.68. The molecule has 0 atom stereocenters. The van der Waals surface area contributed by atoms with Gasteiger partial charge in [0.15, 0.2) is 0 Å². The van der Waals surface area contributed by atoms with Crippen LogP contribution in [0.1, 0.15) is 11.1 Å². The maximum absolute atomic E-state index is 10.1. The van der Waals surface area contributed by atoms with Crippen molar-refractivity contribution in [1.82, 2.24) is 0 Å². The first-order chi connectivity index (χ1) is 6.63. The minimum Gasteiger partial charge on any atom is -0.496 e. The van der Waals surface area contributed by atoms with E-state index in [1.165, 1.54) is 13.2 Å². The highest BCUT2D eigenvalue weighted by molar-refractivity contribution is 5.58. The van der Waals surface area contributed by atoms with E-state index >= 15 is 0 Å². The van der Waals surface area contributed by atoms with E-state index in [2.05, 4.69) is 6.92 Å². The molecule has 1 rings (SSSR count). The lowest BCUT2D eigenvalue weighted by molar-refractivity contribution is -0.400. The molecular formula is C10H10NO3. The quantitative estimate of drug-likeness (QED) is 0.544. The zero-order chi connectivity index (χ0) is 10.6. The van der Waals surface area contributed by atoms with Crippen LogP contribution in [0.5, 0.6) is 5.75 Å². The average molecular weight is 192 g/mol. The number of benzene rings is 1. The van der Waals surface area contributed by atoms with Crippen LogP contribution in [-0.2, 0) is 0 Å². The van der Waals surface area contributed by atoms with Crippen molar-refractivity contribution in [3.8, 4) is 5.75 Å². The van der Waals surface area contributed by atoms with E-state index in [4.69, 9.17) is 4.74 Å². The van der Waals surface area contributed by atoms with Gasteiger partial charge in [-0.2, -0.15) is 0 Å². The Morgan fingerprint density at radius 2 is 2.29 bits per heavy atom. The van der Waals surface area contributed by atoms with Crippen molar-refractivity contribution < 1.29 is 9.66 Å². The van der Waals surface area contributed by atoms with Crippen molar-refractivity contribution in [2.75, 3.05) is 7.11 Å². The number of nitrogens with zero attached hydrogens (tertiary/aromatic N) is 1. The topological polar surface area (TPSA) is 52.4 Å². The van der Waals surface area contributed by atoms with E-state index in [9.17, 15) is 10.1 Å². The second kappa shape index (κ2) is 4.41. The molecule has 0 fully saturated rings. The van der Waals surface area contributed by atoms with Gasteiger partial charge >= 0.3 is 0 Å². The van der Waals surface area contributed by atoms with Gasteiger partial charge in [0.05, 0.1) is 12.0 Å². The Morgan fingerprint density at radius 1 is 1.57 bits per heavy atom. The van der Waals surface area contributed by atoms with Crippen LogP contribution in [0.3, 0.4) is 0 Å². The number of hydrogen-bond acceptors (Lipinski definition) is 3. The summed E-state index contributed by atoms with van der Waals surface area (Å²) in [6.45, 7) is 3.72. The number of ether oxygens (including phenoxy) is 1. The number of rotatable bonds is 3. The molecule has 0 spiro atoms. The first kappa shape index (κ1) is 10.2. The van der Waals surface area contributed by atoms with Gasteiger partial charge in [0.25, 0.3) is 0 Å². The molecule has 0 N–H and O–H groups in total. The predicted octanol–water partition coefficient (Wildman–Crippen LogP) is 2.12. The Bertz CT molecular complexity index is 372. The van der Waals surface area contributed by atoms with Gasteiger partial charge in [0.1, 0.15) is 5.75 Å². The Balaban J connectivity index is 3.04. The summed E-state index contributed by atoms with van der Waals surface area (Å²) in [5.41, 5.74) is 1.44. The van der Waals surface area contributed by atoms with Crippen LogP contribution in [0.25, 0.3) is 6.08 Å². The average Bonchev–Trinajstić information content (AvgIpc) is 2.15. The van der Waals surface area contributed by atoms with E-state index in [0.717, 1.165) is 11.8 Å². The molecule has 1 aromatic carbocycles. The van der Waals surface area contributed by atoms with Crippen molar-refractivity contribution in [3.63, 3.8) is 0 Å². The lowest BCUT2D eigenvalue weighted by Crippen LogP contribution is -1.89. The summed E-state index contributed by atoms with van der Waals surface area (Å²) in [4.78, 5) is 9.60. The molecule has 14 heavy (non-hydrogen) atoms. The molecule has 73 valence electrons. The Morgan fingerprint density at radius 3 is 2.86 bits per heavy atom. The van der Waals surface area contributed by atoms with Crippen LogP contribution in [0.2, 0.25) is 0 Å². The lowest BCUT2D eigenvalue weighted by atomic mass is 10.1. The molecule has 0 amide bonds. The third-order valence-corrected chi connectivity index (χ3v) is 1.67. The molecule has 0 saturated carbocycles. The van der Waals surface area contributed by atoms with Crippen molar-refractivity contribution in [2.45, 2.75) is 0 Å². The molecule has 0 heterocycles. The summed E-state index contributed by atoms with van der Waals surface area (Å²) >= 11 is 0. The summed E-state index contributed by atoms with van der Waals surface area (Å²) in [6.07, 6.45) is 2.25. The molecule has 0 unspecified atom stereocenters. The van der Waals surface area contributed by atoms with E-state index in [0.29, 0.717) is 11.3 Å². The maximum atomic E-state index is 10.1. The van der Waals surface area contributed by atoms with Crippen molar-refractivity contribution >= 4 is 6.08 Å². The van der Waals surface area contributed by atoms with Crippen molar-refractivity contribution in [1.29, 1.82) is 0 Å². The standard InChI is InChI=1S/C10H10NO3/c1-8-3-4-10(14-2)9(7-8)5-6-11(12)13/h3-7H,1H2,2H3/b6-5-. The number of hydrogen-bond donors (Lipinski definition) is 0. The van der Waals surface area contributed by atoms with Crippen LogP contribution in [0, 0.1) is 17.0 Å². The van der Waals surface area contributed by atoms with Crippen molar-refractivity contribution in [3.05, 3.63) is 52.6 Å². The minimum absolute atomic E-state index is 0.519. The molecule has 4 heteroatoms. The molecule has 1 radical (unpaired) electrons. The molecule has 4 nitrogen and oxygen atoms in total. The summed E-state index contributed by atoms with van der Waals surface area (Å²) in [5.74, 6) is 0.593. The van der Waals surface area contributed by atoms with Crippen LogP contribution < -0.4 is 4.74 Å². The van der Waals surface area contributed by atoms with Crippen molar-refractivity contribution in [2.24, 2.45) is 0 Å². The molecule has 0 saturated heterocycles. The van der Waals surface area contributed by atoms with Gasteiger partial charge in [-0.25, -0.2) is 0 Å². The predicted molar refractivity (Wildman–Crippen MR) is 53.5 cm³/mol. The molecule has 0 aliphatic heterocycles. The number of methoxy groups -OCH3 is 1. The Hall–Kier alpha value is -1.84. The fourth-order valence-corrected chi connectivity index (χ4v) is 1.06. The molecular weight excluding hydrogens is 182 g/mol.